The molecule has 2 aliphatic heterocycles. The van der Waals surface area contributed by atoms with Gasteiger partial charge in [0, 0.05) is 0 Å². The Bertz CT molecular complexity index is 357. The quantitative estimate of drug-likeness (QED) is 0.464. The summed E-state index contributed by atoms with van der Waals surface area (Å²) in [5.41, 5.74) is 0.949. The lowest BCUT2D eigenvalue weighted by molar-refractivity contribution is -0.138. The minimum absolute atomic E-state index is 0.0963. The number of carbonyl (C=O) groups is 1. The van der Waals surface area contributed by atoms with Gasteiger partial charge in [-0.1, -0.05) is 32.9 Å². The van der Waals surface area contributed by atoms with Gasteiger partial charge in [-0.15, -0.1) is 0 Å². The lowest BCUT2D eigenvalue weighted by Gasteiger charge is -2.27. The first kappa shape index (κ1) is 9.25. The van der Waals surface area contributed by atoms with Crippen molar-refractivity contribution in [2.75, 3.05) is 0 Å². The highest BCUT2D eigenvalue weighted by Gasteiger charge is 2.36. The summed E-state index contributed by atoms with van der Waals surface area (Å²) in [4.78, 5) is 11.8. The molecule has 0 saturated carbocycles. The number of esters is 1. The van der Waals surface area contributed by atoms with Crippen LogP contribution in [0.5, 0.6) is 5.75 Å². The van der Waals surface area contributed by atoms with E-state index in [1.807, 2.05) is 24.3 Å². The molecule has 1 atom stereocenters. The van der Waals surface area contributed by atoms with E-state index in [9.17, 15) is 4.79 Å². The molecule has 3 rings (SSSR count). The molecule has 0 radical (unpaired) electrons. The van der Waals surface area contributed by atoms with E-state index in [1.165, 1.54) is 0 Å². The van der Waals surface area contributed by atoms with Gasteiger partial charge in [0.1, 0.15) is 5.75 Å². The van der Waals surface area contributed by atoms with Crippen molar-refractivity contribution < 1.29 is 9.53 Å². The average molecular weight is 190 g/mol. The summed E-state index contributed by atoms with van der Waals surface area (Å²) in [7, 11) is 0. The zero-order valence-corrected chi connectivity index (χ0v) is 8.70. The molecule has 1 unspecified atom stereocenters. The molecule has 0 amide bonds. The second-order valence-corrected chi connectivity index (χ2v) is 4.79. The van der Waals surface area contributed by atoms with Crippen molar-refractivity contribution in [3.8, 4) is 5.75 Å². The van der Waals surface area contributed by atoms with E-state index >= 15 is 0 Å². The van der Waals surface area contributed by atoms with Crippen molar-refractivity contribution in [1.29, 1.82) is 0 Å². The fraction of sp³-hybridized carbons (Fsp3) is 0.417. The first-order valence-corrected chi connectivity index (χ1v) is 4.80. The minimum Gasteiger partial charge on any atom is -0.426 e. The number of fused-ring (bicyclic) bond motifs is 4. The smallest absolute Gasteiger partial charge is 0.319 e. The van der Waals surface area contributed by atoms with Crippen molar-refractivity contribution in [3.05, 3.63) is 29.8 Å². The third-order valence-corrected chi connectivity index (χ3v) is 2.53. The summed E-state index contributed by atoms with van der Waals surface area (Å²) in [5.74, 6) is 0.345. The van der Waals surface area contributed by atoms with E-state index < -0.39 is 0 Å². The lowest BCUT2D eigenvalue weighted by Crippen LogP contribution is -2.28. The number of ether oxygens (including phenoxy) is 1. The molecule has 2 bridgehead atoms. The van der Waals surface area contributed by atoms with E-state index in [0.29, 0.717) is 5.75 Å². The largest absolute Gasteiger partial charge is 0.426 e. The maximum atomic E-state index is 11.8. The molecule has 0 saturated heterocycles. The van der Waals surface area contributed by atoms with Crippen molar-refractivity contribution in [1.82, 2.24) is 0 Å². The summed E-state index contributed by atoms with van der Waals surface area (Å²) < 4.78 is 5.22. The summed E-state index contributed by atoms with van der Waals surface area (Å²) in [6.45, 7) is 6.16. The van der Waals surface area contributed by atoms with Crippen molar-refractivity contribution >= 4 is 5.97 Å². The Morgan fingerprint density at radius 2 is 1.71 bits per heavy atom. The number of carbonyl (C=O) groups excluding carboxylic acids is 1. The summed E-state index contributed by atoms with van der Waals surface area (Å²) in [6.07, 6.45) is 0. The first-order chi connectivity index (χ1) is 6.48. The van der Waals surface area contributed by atoms with Gasteiger partial charge in [-0.05, 0) is 23.1 Å². The normalized spacial score (nSPS) is 20.5. The van der Waals surface area contributed by atoms with Crippen LogP contribution >= 0.6 is 0 Å². The van der Waals surface area contributed by atoms with Crippen molar-refractivity contribution in [2.24, 2.45) is 5.41 Å². The molecule has 0 fully saturated rings. The molecule has 2 nitrogen and oxygen atoms in total. The Morgan fingerprint density at radius 3 is 2.21 bits per heavy atom. The van der Waals surface area contributed by atoms with Crippen molar-refractivity contribution in [3.63, 3.8) is 0 Å². The second kappa shape index (κ2) is 2.84. The number of hydrogen-bond donors (Lipinski definition) is 0. The molecule has 2 aliphatic rings. The third-order valence-electron chi connectivity index (χ3n) is 2.53. The molecule has 0 aromatic heterocycles. The molecule has 1 aromatic carbocycles. The fourth-order valence-corrected chi connectivity index (χ4v) is 1.89. The maximum Gasteiger partial charge on any atom is 0.319 e. The first-order valence-electron chi connectivity index (χ1n) is 4.80. The summed E-state index contributed by atoms with van der Waals surface area (Å²) in [5, 5.41) is 0. The van der Waals surface area contributed by atoms with Crippen LogP contribution in [0.3, 0.4) is 0 Å². The van der Waals surface area contributed by atoms with Gasteiger partial charge in [0.2, 0.25) is 0 Å². The van der Waals surface area contributed by atoms with Crippen LogP contribution in [0.15, 0.2) is 24.3 Å². The fourth-order valence-electron chi connectivity index (χ4n) is 1.89. The Morgan fingerprint density at radius 1 is 1.14 bits per heavy atom. The second-order valence-electron chi connectivity index (χ2n) is 4.79. The molecule has 74 valence electrons. The van der Waals surface area contributed by atoms with E-state index in [0.717, 1.165) is 5.56 Å². The van der Waals surface area contributed by atoms with E-state index in [4.69, 9.17) is 4.74 Å². The van der Waals surface area contributed by atoms with Gasteiger partial charge < -0.3 is 4.74 Å². The van der Waals surface area contributed by atoms with Gasteiger partial charge >= 0.3 is 5.97 Å². The highest BCUT2D eigenvalue weighted by atomic mass is 16.5. The van der Waals surface area contributed by atoms with E-state index in [1.54, 1.807) is 0 Å². The molecule has 1 aromatic rings. The van der Waals surface area contributed by atoms with Gasteiger partial charge in [-0.2, -0.15) is 0 Å². The highest BCUT2D eigenvalue weighted by Crippen LogP contribution is 2.38. The molecule has 0 N–H and O–H groups in total. The molecule has 0 spiro atoms. The van der Waals surface area contributed by atoms with Crippen LogP contribution in [-0.4, -0.2) is 5.97 Å². The zero-order valence-electron chi connectivity index (χ0n) is 8.70. The van der Waals surface area contributed by atoms with E-state index in [-0.39, 0.29) is 17.3 Å². The molecular weight excluding hydrogens is 176 g/mol. The van der Waals surface area contributed by atoms with Gasteiger partial charge in [-0.25, -0.2) is 0 Å². The number of benzene rings is 1. The summed E-state index contributed by atoms with van der Waals surface area (Å²) >= 11 is 0. The number of rotatable bonds is 0. The van der Waals surface area contributed by atoms with E-state index in [2.05, 4.69) is 20.8 Å². The molecule has 2 heteroatoms. The van der Waals surface area contributed by atoms with Crippen LogP contribution in [0.25, 0.3) is 0 Å². The van der Waals surface area contributed by atoms with Gasteiger partial charge in [0.05, 0.1) is 5.92 Å². The van der Waals surface area contributed by atoms with Gasteiger partial charge in [0.15, 0.2) is 0 Å². The Hall–Kier alpha value is -1.31. The predicted octanol–water partition coefficient (Wildman–Crippen LogP) is 2.74. The SMILES string of the molecule is CC(C)(C)C1C(=O)Oc2ccc1cc2. The van der Waals surface area contributed by atoms with Crippen molar-refractivity contribution in [2.45, 2.75) is 26.7 Å². The topological polar surface area (TPSA) is 26.3 Å². The zero-order chi connectivity index (χ0) is 10.3. The Labute approximate surface area is 83.9 Å². The van der Waals surface area contributed by atoms with Crippen LogP contribution in [0.1, 0.15) is 32.3 Å². The molecule has 2 heterocycles. The maximum absolute atomic E-state index is 11.8. The molecule has 0 aliphatic carbocycles. The minimum atomic E-state index is -0.157. The third kappa shape index (κ3) is 1.41. The predicted molar refractivity (Wildman–Crippen MR) is 54.3 cm³/mol. The van der Waals surface area contributed by atoms with Gasteiger partial charge in [0.25, 0.3) is 0 Å². The lowest BCUT2D eigenvalue weighted by atomic mass is 9.77. The van der Waals surface area contributed by atoms with Crippen LogP contribution in [0.2, 0.25) is 0 Å². The Kier molecular flexibility index (Phi) is 1.88. The average Bonchev–Trinajstić information content (AvgIpc) is 2.29. The number of hydrogen-bond acceptors (Lipinski definition) is 2. The van der Waals surface area contributed by atoms with Crippen LogP contribution in [-0.2, 0) is 4.79 Å². The highest BCUT2D eigenvalue weighted by molar-refractivity contribution is 5.82. The monoisotopic (exact) mass is 190 g/mol. The Balaban J connectivity index is 2.49. The van der Waals surface area contributed by atoms with Crippen LogP contribution in [0.4, 0.5) is 0 Å². The van der Waals surface area contributed by atoms with Gasteiger partial charge in [-0.3, -0.25) is 4.79 Å². The summed E-state index contributed by atoms with van der Waals surface area (Å²) in [6, 6.07) is 7.63. The standard InChI is InChI=1S/C12H14O2/c1-12(2,3)10-8-4-6-9(7-5-8)14-11(10)13/h4-7,10H,1-3H3. The van der Waals surface area contributed by atoms with Crippen LogP contribution in [0, 0.1) is 5.41 Å². The molecule has 14 heavy (non-hydrogen) atoms. The molecular formula is C12H14O2. The van der Waals surface area contributed by atoms with Crippen LogP contribution < -0.4 is 4.74 Å².